The van der Waals surface area contributed by atoms with Crippen molar-refractivity contribution in [3.05, 3.63) is 30.3 Å². The summed E-state index contributed by atoms with van der Waals surface area (Å²) in [5.74, 6) is 0.922. The summed E-state index contributed by atoms with van der Waals surface area (Å²) < 4.78 is 6.71. The Kier molecular flexibility index (Phi) is 2.08. The molecule has 3 rings (SSSR count). The fourth-order valence-electron chi connectivity index (χ4n) is 1.90. The molecular formula is C12H11NOSe. The Morgan fingerprint density at radius 1 is 1.27 bits per heavy atom. The van der Waals surface area contributed by atoms with Crippen molar-refractivity contribution in [3.8, 4) is 5.75 Å². The van der Waals surface area contributed by atoms with Gasteiger partial charge in [0.05, 0.1) is 0 Å². The number of fused-ring (bicyclic) bond motifs is 3. The van der Waals surface area contributed by atoms with Crippen LogP contribution in [0.5, 0.6) is 5.75 Å². The number of anilines is 1. The molecule has 0 aromatic heterocycles. The van der Waals surface area contributed by atoms with Crippen molar-refractivity contribution in [2.75, 3.05) is 17.9 Å². The summed E-state index contributed by atoms with van der Waals surface area (Å²) in [7, 11) is 1.70. The van der Waals surface area contributed by atoms with Crippen LogP contribution in [0.15, 0.2) is 30.3 Å². The van der Waals surface area contributed by atoms with Gasteiger partial charge in [-0.15, -0.1) is 0 Å². The molecule has 1 aliphatic rings. The molecule has 2 aromatic rings. The molecule has 0 spiro atoms. The molecule has 0 radical (unpaired) electrons. The van der Waals surface area contributed by atoms with Gasteiger partial charge in [-0.3, -0.25) is 0 Å². The van der Waals surface area contributed by atoms with Crippen LogP contribution in [-0.4, -0.2) is 27.5 Å². The van der Waals surface area contributed by atoms with Crippen LogP contribution in [0.3, 0.4) is 0 Å². The minimum atomic E-state index is 0.601. The van der Waals surface area contributed by atoms with Gasteiger partial charge in [0.25, 0.3) is 0 Å². The van der Waals surface area contributed by atoms with E-state index in [0.29, 0.717) is 15.0 Å². The Bertz CT molecular complexity index is 524. The van der Waals surface area contributed by atoms with Crippen LogP contribution in [0.2, 0.25) is 0 Å². The molecule has 2 nitrogen and oxygen atoms in total. The molecule has 0 bridgehead atoms. The standard InChI is InChI=1S/C12H11NOSe/c1-14-9-3-4-10-8(6-9)2-5-11-12(10)13-7-15-11/h2-6,13H,7H2,1H3. The van der Waals surface area contributed by atoms with E-state index >= 15 is 0 Å². The molecule has 76 valence electrons. The van der Waals surface area contributed by atoms with E-state index in [9.17, 15) is 0 Å². The van der Waals surface area contributed by atoms with Gasteiger partial charge in [-0.25, -0.2) is 0 Å². The molecule has 15 heavy (non-hydrogen) atoms. The van der Waals surface area contributed by atoms with Gasteiger partial charge >= 0.3 is 94.6 Å². The van der Waals surface area contributed by atoms with E-state index in [1.165, 1.54) is 20.9 Å². The van der Waals surface area contributed by atoms with Gasteiger partial charge in [-0.2, -0.15) is 0 Å². The fraction of sp³-hybridized carbons (Fsp3) is 0.167. The van der Waals surface area contributed by atoms with E-state index < -0.39 is 0 Å². The van der Waals surface area contributed by atoms with Gasteiger partial charge in [-0.1, -0.05) is 0 Å². The van der Waals surface area contributed by atoms with Crippen LogP contribution in [0.1, 0.15) is 0 Å². The minimum absolute atomic E-state index is 0.601. The van der Waals surface area contributed by atoms with Crippen molar-refractivity contribution in [1.29, 1.82) is 0 Å². The molecule has 1 aliphatic heterocycles. The number of rotatable bonds is 1. The summed E-state index contributed by atoms with van der Waals surface area (Å²) in [6, 6.07) is 10.7. The first-order valence-corrected chi connectivity index (χ1v) is 6.93. The summed E-state index contributed by atoms with van der Waals surface area (Å²) >= 11 is 0.601. The predicted molar refractivity (Wildman–Crippen MR) is 64.4 cm³/mol. The first kappa shape index (κ1) is 9.08. The Balaban J connectivity index is 2.29. The third-order valence-corrected chi connectivity index (χ3v) is 4.64. The van der Waals surface area contributed by atoms with E-state index in [1.54, 1.807) is 7.11 Å². The van der Waals surface area contributed by atoms with E-state index in [4.69, 9.17) is 4.74 Å². The number of nitrogens with one attached hydrogen (secondary N) is 1. The predicted octanol–water partition coefficient (Wildman–Crippen LogP) is 1.56. The Morgan fingerprint density at radius 3 is 3.07 bits per heavy atom. The summed E-state index contributed by atoms with van der Waals surface area (Å²) in [4.78, 5) is 0. The summed E-state index contributed by atoms with van der Waals surface area (Å²) in [6.07, 6.45) is 0. The third-order valence-electron chi connectivity index (χ3n) is 2.67. The van der Waals surface area contributed by atoms with Crippen LogP contribution in [0.4, 0.5) is 5.69 Å². The number of hydrogen-bond acceptors (Lipinski definition) is 2. The summed E-state index contributed by atoms with van der Waals surface area (Å²) in [5, 5.41) is 6.03. The number of benzene rings is 2. The SMILES string of the molecule is COc1ccc2c3c(ccc2c1)[Se]CN3. The first-order chi connectivity index (χ1) is 7.38. The van der Waals surface area contributed by atoms with Gasteiger partial charge in [0.15, 0.2) is 0 Å². The van der Waals surface area contributed by atoms with Crippen LogP contribution in [0, 0.1) is 0 Å². The molecular weight excluding hydrogens is 253 g/mol. The molecule has 0 saturated heterocycles. The first-order valence-electron chi connectivity index (χ1n) is 4.86. The van der Waals surface area contributed by atoms with E-state index in [0.717, 1.165) is 11.2 Å². The second kappa shape index (κ2) is 3.44. The second-order valence-electron chi connectivity index (χ2n) is 3.49. The molecule has 1 heterocycles. The molecule has 0 unspecified atom stereocenters. The number of hydrogen-bond donors (Lipinski definition) is 1. The quantitative estimate of drug-likeness (QED) is 0.789. The van der Waals surface area contributed by atoms with Crippen molar-refractivity contribution in [3.63, 3.8) is 0 Å². The molecule has 0 aliphatic carbocycles. The van der Waals surface area contributed by atoms with Gasteiger partial charge in [0, 0.05) is 0 Å². The topological polar surface area (TPSA) is 21.3 Å². The molecule has 0 amide bonds. The van der Waals surface area contributed by atoms with Crippen molar-refractivity contribution in [1.82, 2.24) is 0 Å². The zero-order valence-corrected chi connectivity index (χ0v) is 10.1. The molecule has 2 aromatic carbocycles. The maximum absolute atomic E-state index is 5.23. The second-order valence-corrected chi connectivity index (χ2v) is 5.63. The van der Waals surface area contributed by atoms with Gasteiger partial charge in [0.1, 0.15) is 0 Å². The van der Waals surface area contributed by atoms with Crippen LogP contribution in [-0.2, 0) is 0 Å². The van der Waals surface area contributed by atoms with Crippen LogP contribution in [0.25, 0.3) is 10.8 Å². The van der Waals surface area contributed by atoms with E-state index in [2.05, 4.69) is 29.6 Å². The van der Waals surface area contributed by atoms with E-state index in [-0.39, 0.29) is 0 Å². The Morgan fingerprint density at radius 2 is 2.20 bits per heavy atom. The average molecular weight is 264 g/mol. The zero-order chi connectivity index (χ0) is 10.3. The number of ether oxygens (including phenoxy) is 1. The van der Waals surface area contributed by atoms with E-state index in [1.807, 2.05) is 6.07 Å². The van der Waals surface area contributed by atoms with Crippen LogP contribution >= 0.6 is 0 Å². The van der Waals surface area contributed by atoms with Crippen molar-refractivity contribution in [2.45, 2.75) is 0 Å². The average Bonchev–Trinajstić information content (AvgIpc) is 2.76. The Labute approximate surface area is 94.8 Å². The molecule has 0 fully saturated rings. The molecule has 1 N–H and O–H groups in total. The maximum atomic E-state index is 5.23. The molecule has 0 atom stereocenters. The van der Waals surface area contributed by atoms with Crippen LogP contribution < -0.4 is 14.5 Å². The molecule has 0 saturated carbocycles. The van der Waals surface area contributed by atoms with Crippen molar-refractivity contribution in [2.24, 2.45) is 0 Å². The normalized spacial score (nSPS) is 13.7. The Hall–Kier alpha value is -1.18. The molecule has 3 heteroatoms. The number of methoxy groups -OCH3 is 1. The summed E-state index contributed by atoms with van der Waals surface area (Å²) in [6.45, 7) is 0. The van der Waals surface area contributed by atoms with Gasteiger partial charge in [0.2, 0.25) is 0 Å². The van der Waals surface area contributed by atoms with Gasteiger partial charge < -0.3 is 0 Å². The summed E-state index contributed by atoms with van der Waals surface area (Å²) in [5.41, 5.74) is 2.45. The third kappa shape index (κ3) is 1.39. The monoisotopic (exact) mass is 265 g/mol. The van der Waals surface area contributed by atoms with Crippen molar-refractivity contribution >= 4 is 35.9 Å². The van der Waals surface area contributed by atoms with Gasteiger partial charge in [-0.05, 0) is 0 Å². The fourth-order valence-corrected chi connectivity index (χ4v) is 3.71. The van der Waals surface area contributed by atoms with Crippen molar-refractivity contribution < 1.29 is 4.74 Å². The zero-order valence-electron chi connectivity index (χ0n) is 8.41.